The first kappa shape index (κ1) is 16.2. The van der Waals surface area contributed by atoms with Gasteiger partial charge in [0, 0.05) is 19.4 Å². The van der Waals surface area contributed by atoms with Crippen LogP contribution in [0, 0.1) is 6.92 Å². The van der Waals surface area contributed by atoms with E-state index >= 15 is 0 Å². The second-order valence-corrected chi connectivity index (χ2v) is 6.15. The Morgan fingerprint density at radius 3 is 2.54 bits per heavy atom. The van der Waals surface area contributed by atoms with Gasteiger partial charge in [0.15, 0.2) is 0 Å². The van der Waals surface area contributed by atoms with Crippen molar-refractivity contribution in [3.8, 4) is 0 Å². The summed E-state index contributed by atoms with van der Waals surface area (Å²) in [5.74, 6) is 0.188. The van der Waals surface area contributed by atoms with Gasteiger partial charge in [-0.15, -0.1) is 0 Å². The van der Waals surface area contributed by atoms with Gasteiger partial charge in [-0.05, 0) is 18.1 Å². The zero-order chi connectivity index (χ0) is 16.9. The van der Waals surface area contributed by atoms with Crippen molar-refractivity contribution in [3.63, 3.8) is 0 Å². The lowest BCUT2D eigenvalue weighted by Gasteiger charge is -2.34. The summed E-state index contributed by atoms with van der Waals surface area (Å²) in [6, 6.07) is 17.3. The van der Waals surface area contributed by atoms with E-state index in [0.29, 0.717) is 19.4 Å². The average Bonchev–Trinajstić information content (AvgIpc) is 2.61. The molecule has 1 amide bonds. The molecule has 2 aromatic carbocycles. The molecular weight excluding hydrogens is 302 g/mol. The molecule has 1 fully saturated rings. The quantitative estimate of drug-likeness (QED) is 0.856. The molecular formula is C20H21NO3. The summed E-state index contributed by atoms with van der Waals surface area (Å²) in [5.41, 5.74) is 3.08. The lowest BCUT2D eigenvalue weighted by Crippen LogP contribution is -2.41. The van der Waals surface area contributed by atoms with Crippen LogP contribution in [-0.4, -0.2) is 23.3 Å². The summed E-state index contributed by atoms with van der Waals surface area (Å²) < 4.78 is 5.45. The molecule has 1 aliphatic heterocycles. The van der Waals surface area contributed by atoms with Crippen LogP contribution in [0.15, 0.2) is 54.6 Å². The number of carbonyl (C=O) groups excluding carboxylic acids is 2. The molecule has 0 saturated carbocycles. The number of rotatable bonds is 3. The van der Waals surface area contributed by atoms with Crippen LogP contribution in [0.4, 0.5) is 4.79 Å². The van der Waals surface area contributed by atoms with E-state index in [-0.39, 0.29) is 24.5 Å². The van der Waals surface area contributed by atoms with Crippen molar-refractivity contribution in [2.45, 2.75) is 32.4 Å². The first-order valence-electron chi connectivity index (χ1n) is 8.19. The van der Waals surface area contributed by atoms with Crippen molar-refractivity contribution in [2.24, 2.45) is 0 Å². The SMILES string of the molecule is Cc1ccc([C@H]2CC(=O)CCN2C(=O)OCc2ccccc2)cc1. The number of benzene rings is 2. The van der Waals surface area contributed by atoms with Crippen molar-refractivity contribution in [1.29, 1.82) is 0 Å². The number of piperidine rings is 1. The summed E-state index contributed by atoms with van der Waals surface area (Å²) >= 11 is 0. The molecule has 0 unspecified atom stereocenters. The Morgan fingerprint density at radius 2 is 1.83 bits per heavy atom. The topological polar surface area (TPSA) is 46.6 Å². The van der Waals surface area contributed by atoms with Crippen molar-refractivity contribution in [2.75, 3.05) is 6.54 Å². The van der Waals surface area contributed by atoms with Gasteiger partial charge < -0.3 is 9.64 Å². The molecule has 3 rings (SSSR count). The monoisotopic (exact) mass is 323 g/mol. The van der Waals surface area contributed by atoms with Crippen LogP contribution in [0.1, 0.15) is 35.6 Å². The molecule has 124 valence electrons. The summed E-state index contributed by atoms with van der Waals surface area (Å²) in [6.45, 7) is 2.66. The van der Waals surface area contributed by atoms with Gasteiger partial charge in [-0.3, -0.25) is 4.79 Å². The van der Waals surface area contributed by atoms with Crippen molar-refractivity contribution in [3.05, 3.63) is 71.3 Å². The van der Waals surface area contributed by atoms with E-state index in [1.807, 2.05) is 61.5 Å². The number of Topliss-reactive ketones (excluding diaryl/α,β-unsaturated/α-hetero) is 1. The Hall–Kier alpha value is -2.62. The van der Waals surface area contributed by atoms with Crippen molar-refractivity contribution in [1.82, 2.24) is 4.90 Å². The average molecular weight is 323 g/mol. The molecule has 4 heteroatoms. The number of likely N-dealkylation sites (tertiary alicyclic amines) is 1. The van der Waals surface area contributed by atoms with Crippen LogP contribution in [0.25, 0.3) is 0 Å². The van der Waals surface area contributed by atoms with Gasteiger partial charge in [-0.2, -0.15) is 0 Å². The molecule has 24 heavy (non-hydrogen) atoms. The zero-order valence-corrected chi connectivity index (χ0v) is 13.8. The van der Waals surface area contributed by atoms with Crippen molar-refractivity contribution >= 4 is 11.9 Å². The first-order valence-corrected chi connectivity index (χ1v) is 8.19. The minimum atomic E-state index is -0.364. The number of nitrogens with zero attached hydrogens (tertiary/aromatic N) is 1. The van der Waals surface area contributed by atoms with E-state index in [1.54, 1.807) is 4.90 Å². The fourth-order valence-electron chi connectivity index (χ4n) is 2.94. The third-order valence-electron chi connectivity index (χ3n) is 4.33. The van der Waals surface area contributed by atoms with Crippen LogP contribution in [-0.2, 0) is 16.1 Å². The summed E-state index contributed by atoms with van der Waals surface area (Å²) in [4.78, 5) is 26.1. The lowest BCUT2D eigenvalue weighted by molar-refractivity contribution is -0.122. The molecule has 2 aromatic rings. The zero-order valence-electron chi connectivity index (χ0n) is 13.8. The number of carbonyl (C=O) groups is 2. The largest absolute Gasteiger partial charge is 0.445 e. The fraction of sp³-hybridized carbons (Fsp3) is 0.300. The molecule has 0 spiro atoms. The lowest BCUT2D eigenvalue weighted by atomic mass is 9.94. The number of ketones is 1. The molecule has 0 aliphatic carbocycles. The highest BCUT2D eigenvalue weighted by Gasteiger charge is 2.32. The number of aryl methyl sites for hydroxylation is 1. The van der Waals surface area contributed by atoms with E-state index in [2.05, 4.69) is 0 Å². The molecule has 0 radical (unpaired) electrons. The molecule has 4 nitrogen and oxygen atoms in total. The fourth-order valence-corrected chi connectivity index (χ4v) is 2.94. The van der Waals surface area contributed by atoms with Gasteiger partial charge in [0.2, 0.25) is 0 Å². The summed E-state index contributed by atoms with van der Waals surface area (Å²) in [5, 5.41) is 0. The van der Waals surface area contributed by atoms with Gasteiger partial charge in [-0.1, -0.05) is 60.2 Å². The minimum absolute atomic E-state index is 0.188. The van der Waals surface area contributed by atoms with Crippen LogP contribution >= 0.6 is 0 Å². The predicted molar refractivity (Wildman–Crippen MR) is 91.5 cm³/mol. The van der Waals surface area contributed by atoms with Crippen LogP contribution in [0.3, 0.4) is 0 Å². The standard InChI is InChI=1S/C20H21NO3/c1-15-7-9-17(10-8-15)19-13-18(22)11-12-21(19)20(23)24-14-16-5-3-2-4-6-16/h2-10,19H,11-14H2,1H3/t19-/m1/s1. The molecule has 1 heterocycles. The molecule has 0 N–H and O–H groups in total. The van der Waals surface area contributed by atoms with E-state index in [9.17, 15) is 9.59 Å². The first-order chi connectivity index (χ1) is 11.6. The summed E-state index contributed by atoms with van der Waals surface area (Å²) in [6.07, 6.45) is 0.378. The van der Waals surface area contributed by atoms with Crippen LogP contribution in [0.2, 0.25) is 0 Å². The number of ether oxygens (including phenoxy) is 1. The van der Waals surface area contributed by atoms with Crippen LogP contribution in [0.5, 0.6) is 0 Å². The Balaban J connectivity index is 1.72. The maximum Gasteiger partial charge on any atom is 0.410 e. The summed E-state index contributed by atoms with van der Waals surface area (Å²) in [7, 11) is 0. The normalized spacial score (nSPS) is 17.6. The molecule has 1 saturated heterocycles. The highest BCUT2D eigenvalue weighted by atomic mass is 16.6. The Labute approximate surface area is 142 Å². The maximum atomic E-state index is 12.5. The predicted octanol–water partition coefficient (Wildman–Crippen LogP) is 4.04. The Morgan fingerprint density at radius 1 is 1.12 bits per heavy atom. The second-order valence-electron chi connectivity index (χ2n) is 6.15. The van der Waals surface area contributed by atoms with E-state index < -0.39 is 0 Å². The third-order valence-corrected chi connectivity index (χ3v) is 4.33. The number of hydrogen-bond acceptors (Lipinski definition) is 3. The molecule has 0 aromatic heterocycles. The highest BCUT2D eigenvalue weighted by molar-refractivity contribution is 5.82. The third kappa shape index (κ3) is 3.82. The number of hydrogen-bond donors (Lipinski definition) is 0. The minimum Gasteiger partial charge on any atom is -0.445 e. The van der Waals surface area contributed by atoms with Gasteiger partial charge in [0.05, 0.1) is 6.04 Å². The maximum absolute atomic E-state index is 12.5. The van der Waals surface area contributed by atoms with E-state index in [0.717, 1.165) is 16.7 Å². The van der Waals surface area contributed by atoms with E-state index in [1.165, 1.54) is 0 Å². The van der Waals surface area contributed by atoms with Gasteiger partial charge in [0.1, 0.15) is 12.4 Å². The van der Waals surface area contributed by atoms with Gasteiger partial charge >= 0.3 is 6.09 Å². The molecule has 1 aliphatic rings. The Bertz CT molecular complexity index is 709. The van der Waals surface area contributed by atoms with Crippen molar-refractivity contribution < 1.29 is 14.3 Å². The Kier molecular flexibility index (Phi) is 4.94. The number of amides is 1. The highest BCUT2D eigenvalue weighted by Crippen LogP contribution is 2.30. The van der Waals surface area contributed by atoms with Gasteiger partial charge in [-0.25, -0.2) is 4.79 Å². The van der Waals surface area contributed by atoms with Gasteiger partial charge in [0.25, 0.3) is 0 Å². The van der Waals surface area contributed by atoms with E-state index in [4.69, 9.17) is 4.74 Å². The second kappa shape index (κ2) is 7.30. The smallest absolute Gasteiger partial charge is 0.410 e. The van der Waals surface area contributed by atoms with Crippen LogP contribution < -0.4 is 0 Å². The molecule has 1 atom stereocenters. The molecule has 0 bridgehead atoms.